The third-order valence-corrected chi connectivity index (χ3v) is 5.12. The minimum Gasteiger partial charge on any atom is -0.342 e. The normalized spacial score (nSPS) is 16.3. The van der Waals surface area contributed by atoms with E-state index >= 15 is 0 Å². The van der Waals surface area contributed by atoms with Crippen molar-refractivity contribution in [3.8, 4) is 0 Å². The summed E-state index contributed by atoms with van der Waals surface area (Å²) < 4.78 is 2.29. The van der Waals surface area contributed by atoms with Crippen LogP contribution in [0.4, 0.5) is 0 Å². The number of aryl methyl sites for hydroxylation is 1. The Morgan fingerprint density at radius 3 is 2.43 bits per heavy atom. The van der Waals surface area contributed by atoms with Crippen molar-refractivity contribution >= 4 is 5.91 Å². The van der Waals surface area contributed by atoms with Crippen LogP contribution in [-0.2, 0) is 17.8 Å². The van der Waals surface area contributed by atoms with Gasteiger partial charge in [-0.1, -0.05) is 33.6 Å². The Morgan fingerprint density at radius 1 is 1.22 bits per heavy atom. The van der Waals surface area contributed by atoms with Crippen molar-refractivity contribution in [3.05, 3.63) is 18.2 Å². The van der Waals surface area contributed by atoms with E-state index in [4.69, 9.17) is 0 Å². The predicted octanol–water partition coefficient (Wildman–Crippen LogP) is 3.90. The summed E-state index contributed by atoms with van der Waals surface area (Å²) in [5.41, 5.74) is 0. The molecule has 1 aromatic rings. The molecule has 0 aromatic carbocycles. The monoisotopic (exact) mass is 319 g/mol. The SMILES string of the molecule is CCCC(CCC)C(=O)N1CCC(Cn2ccnc2CC)CC1. The fourth-order valence-electron chi connectivity index (χ4n) is 3.78. The molecule has 0 bridgehead atoms. The Hall–Kier alpha value is -1.32. The topological polar surface area (TPSA) is 38.1 Å². The fraction of sp³-hybridized carbons (Fsp3) is 0.789. The molecule has 4 nitrogen and oxygen atoms in total. The van der Waals surface area contributed by atoms with Crippen molar-refractivity contribution < 1.29 is 4.79 Å². The lowest BCUT2D eigenvalue weighted by Crippen LogP contribution is -2.42. The molecule has 2 rings (SSSR count). The zero-order valence-corrected chi connectivity index (χ0v) is 15.1. The van der Waals surface area contributed by atoms with Crippen LogP contribution in [0.1, 0.15) is 65.1 Å². The first-order valence-electron chi connectivity index (χ1n) is 9.48. The number of amides is 1. The zero-order chi connectivity index (χ0) is 16.7. The first kappa shape index (κ1) is 18.0. The highest BCUT2D eigenvalue weighted by Crippen LogP contribution is 2.24. The molecule has 4 heteroatoms. The molecule has 0 radical (unpaired) electrons. The second-order valence-corrected chi connectivity index (χ2v) is 6.89. The molecule has 1 aliphatic heterocycles. The van der Waals surface area contributed by atoms with Gasteiger partial charge in [-0.2, -0.15) is 0 Å². The molecular weight excluding hydrogens is 286 g/mol. The number of hydrogen-bond acceptors (Lipinski definition) is 2. The summed E-state index contributed by atoms with van der Waals surface area (Å²) in [5.74, 6) is 2.51. The number of hydrogen-bond donors (Lipinski definition) is 0. The number of carbonyl (C=O) groups is 1. The van der Waals surface area contributed by atoms with Gasteiger partial charge in [-0.25, -0.2) is 4.98 Å². The Morgan fingerprint density at radius 2 is 1.87 bits per heavy atom. The molecule has 130 valence electrons. The average Bonchev–Trinajstić information content (AvgIpc) is 3.02. The summed E-state index contributed by atoms with van der Waals surface area (Å²) in [6.07, 6.45) is 11.5. The maximum Gasteiger partial charge on any atom is 0.225 e. The molecule has 0 unspecified atom stereocenters. The highest BCUT2D eigenvalue weighted by Gasteiger charge is 2.27. The summed E-state index contributed by atoms with van der Waals surface area (Å²) in [6, 6.07) is 0. The van der Waals surface area contributed by atoms with E-state index in [-0.39, 0.29) is 5.92 Å². The summed E-state index contributed by atoms with van der Waals surface area (Å²) in [7, 11) is 0. The van der Waals surface area contributed by atoms with Crippen molar-refractivity contribution in [2.75, 3.05) is 13.1 Å². The number of aromatic nitrogens is 2. The predicted molar refractivity (Wildman–Crippen MR) is 94.2 cm³/mol. The molecule has 0 spiro atoms. The van der Waals surface area contributed by atoms with Crippen LogP contribution in [0, 0.1) is 11.8 Å². The van der Waals surface area contributed by atoms with Crippen LogP contribution in [0.15, 0.2) is 12.4 Å². The minimum absolute atomic E-state index is 0.252. The summed E-state index contributed by atoms with van der Waals surface area (Å²) in [4.78, 5) is 19.2. The van der Waals surface area contributed by atoms with Gasteiger partial charge in [0.25, 0.3) is 0 Å². The molecular formula is C19H33N3O. The molecule has 0 saturated carbocycles. The van der Waals surface area contributed by atoms with Crippen LogP contribution in [0.25, 0.3) is 0 Å². The van der Waals surface area contributed by atoms with Gasteiger partial charge >= 0.3 is 0 Å². The van der Waals surface area contributed by atoms with E-state index in [0.29, 0.717) is 11.8 Å². The second-order valence-electron chi connectivity index (χ2n) is 6.89. The Balaban J connectivity index is 1.84. The van der Waals surface area contributed by atoms with Gasteiger partial charge in [0, 0.05) is 44.4 Å². The number of carbonyl (C=O) groups excluding carboxylic acids is 1. The Bertz CT molecular complexity index is 469. The second kappa shape index (κ2) is 9.09. The smallest absolute Gasteiger partial charge is 0.225 e. The fourth-order valence-corrected chi connectivity index (χ4v) is 3.78. The van der Waals surface area contributed by atoms with Gasteiger partial charge < -0.3 is 9.47 Å². The number of rotatable bonds is 8. The van der Waals surface area contributed by atoms with E-state index in [1.165, 1.54) is 5.82 Å². The van der Waals surface area contributed by atoms with Crippen LogP contribution in [0.3, 0.4) is 0 Å². The molecule has 0 atom stereocenters. The lowest BCUT2D eigenvalue weighted by atomic mass is 9.92. The van der Waals surface area contributed by atoms with Crippen LogP contribution >= 0.6 is 0 Å². The highest BCUT2D eigenvalue weighted by atomic mass is 16.2. The van der Waals surface area contributed by atoms with E-state index in [1.807, 2.05) is 6.20 Å². The molecule has 1 saturated heterocycles. The Labute approximate surface area is 141 Å². The van der Waals surface area contributed by atoms with E-state index in [0.717, 1.165) is 64.6 Å². The standard InChI is InChI=1S/C19H33N3O/c1-4-7-17(8-5-2)19(23)21-12-9-16(10-13-21)15-22-14-11-20-18(22)6-3/h11,14,16-17H,4-10,12-13,15H2,1-3H3. The molecule has 1 amide bonds. The molecule has 0 aliphatic carbocycles. The number of imidazole rings is 1. The quantitative estimate of drug-likeness (QED) is 0.729. The number of piperidine rings is 1. The van der Waals surface area contributed by atoms with Crippen LogP contribution < -0.4 is 0 Å². The molecule has 23 heavy (non-hydrogen) atoms. The van der Waals surface area contributed by atoms with E-state index in [1.54, 1.807) is 0 Å². The summed E-state index contributed by atoms with van der Waals surface area (Å²) in [6.45, 7) is 9.44. The molecule has 1 aromatic heterocycles. The Kier molecular flexibility index (Phi) is 7.13. The van der Waals surface area contributed by atoms with Crippen molar-refractivity contribution in [2.24, 2.45) is 11.8 Å². The minimum atomic E-state index is 0.252. The van der Waals surface area contributed by atoms with E-state index < -0.39 is 0 Å². The maximum atomic E-state index is 12.7. The van der Waals surface area contributed by atoms with E-state index in [2.05, 4.69) is 41.4 Å². The lowest BCUT2D eigenvalue weighted by molar-refractivity contribution is -0.137. The average molecular weight is 319 g/mol. The van der Waals surface area contributed by atoms with Crippen molar-refractivity contribution in [1.29, 1.82) is 0 Å². The summed E-state index contributed by atoms with van der Waals surface area (Å²) in [5, 5.41) is 0. The number of likely N-dealkylation sites (tertiary alicyclic amines) is 1. The van der Waals surface area contributed by atoms with Gasteiger partial charge in [-0.15, -0.1) is 0 Å². The number of nitrogens with zero attached hydrogens (tertiary/aromatic N) is 3. The molecule has 0 N–H and O–H groups in total. The zero-order valence-electron chi connectivity index (χ0n) is 15.1. The third-order valence-electron chi connectivity index (χ3n) is 5.12. The first-order chi connectivity index (χ1) is 11.2. The van der Waals surface area contributed by atoms with Gasteiger partial charge in [-0.3, -0.25) is 4.79 Å². The third kappa shape index (κ3) is 4.82. The molecule has 1 fully saturated rings. The van der Waals surface area contributed by atoms with Crippen LogP contribution in [0.2, 0.25) is 0 Å². The van der Waals surface area contributed by atoms with Crippen molar-refractivity contribution in [1.82, 2.24) is 14.5 Å². The largest absolute Gasteiger partial charge is 0.342 e. The van der Waals surface area contributed by atoms with Gasteiger partial charge in [0.15, 0.2) is 0 Å². The maximum absolute atomic E-state index is 12.7. The van der Waals surface area contributed by atoms with Crippen LogP contribution in [-0.4, -0.2) is 33.4 Å². The van der Waals surface area contributed by atoms with E-state index in [9.17, 15) is 4.79 Å². The lowest BCUT2D eigenvalue weighted by Gasteiger charge is -2.34. The highest BCUT2D eigenvalue weighted by molar-refractivity contribution is 5.78. The summed E-state index contributed by atoms with van der Waals surface area (Å²) >= 11 is 0. The first-order valence-corrected chi connectivity index (χ1v) is 9.48. The van der Waals surface area contributed by atoms with Gasteiger partial charge in [0.1, 0.15) is 5.82 Å². The molecule has 1 aliphatic rings. The van der Waals surface area contributed by atoms with Gasteiger partial charge in [0.05, 0.1) is 0 Å². The van der Waals surface area contributed by atoms with Crippen LogP contribution in [0.5, 0.6) is 0 Å². The van der Waals surface area contributed by atoms with Gasteiger partial charge in [0.2, 0.25) is 5.91 Å². The van der Waals surface area contributed by atoms with Crippen molar-refractivity contribution in [3.63, 3.8) is 0 Å². The molecule has 2 heterocycles. The van der Waals surface area contributed by atoms with Gasteiger partial charge in [-0.05, 0) is 31.6 Å². The van der Waals surface area contributed by atoms with Crippen molar-refractivity contribution in [2.45, 2.75) is 72.3 Å².